The maximum absolute atomic E-state index is 9.94. The molecule has 0 amide bonds. The topological polar surface area (TPSA) is 173 Å². The average molecular weight is 547 g/mol. The Morgan fingerprint density at radius 3 is 2.38 bits per heavy atom. The number of aromatic amines is 2. The van der Waals surface area contributed by atoms with Crippen molar-refractivity contribution in [2.45, 2.75) is 24.4 Å². The Labute approximate surface area is 225 Å². The van der Waals surface area contributed by atoms with Gasteiger partial charge in [0.1, 0.15) is 18.3 Å². The van der Waals surface area contributed by atoms with Gasteiger partial charge < -0.3 is 30.0 Å². The van der Waals surface area contributed by atoms with Gasteiger partial charge in [-0.1, -0.05) is 48.0 Å². The van der Waals surface area contributed by atoms with Crippen molar-refractivity contribution in [3.63, 3.8) is 0 Å². The van der Waals surface area contributed by atoms with Crippen LogP contribution in [0.1, 0.15) is 0 Å². The van der Waals surface area contributed by atoms with Crippen molar-refractivity contribution >= 4 is 28.7 Å². The second-order valence-electron chi connectivity index (χ2n) is 9.44. The molecule has 198 valence electrons. The summed E-state index contributed by atoms with van der Waals surface area (Å²) in [6, 6.07) is 17.7. The Balaban J connectivity index is 1.11. The minimum atomic E-state index is -0.647. The van der Waals surface area contributed by atoms with Crippen molar-refractivity contribution in [3.05, 3.63) is 65.2 Å². The lowest BCUT2D eigenvalue weighted by Crippen LogP contribution is -2.34. The van der Waals surface area contributed by atoms with Crippen LogP contribution in [0.2, 0.25) is 5.02 Å². The molecule has 2 fully saturated rings. The number of hydrogen-bond donors (Lipinski definition) is 5. The summed E-state index contributed by atoms with van der Waals surface area (Å²) in [7, 11) is 0. The molecule has 5 aromatic rings. The van der Waals surface area contributed by atoms with Crippen molar-refractivity contribution in [2.24, 2.45) is 0 Å². The number of halogens is 1. The van der Waals surface area contributed by atoms with E-state index in [4.69, 9.17) is 37.0 Å². The average Bonchev–Trinajstić information content (AvgIpc) is 3.70. The van der Waals surface area contributed by atoms with Gasteiger partial charge in [-0.3, -0.25) is 10.5 Å². The summed E-state index contributed by atoms with van der Waals surface area (Å²) in [6.45, 7) is 0.534. The fourth-order valence-electron chi connectivity index (χ4n) is 5.01. The van der Waals surface area contributed by atoms with Crippen LogP contribution in [0, 0.1) is 5.41 Å². The lowest BCUT2D eigenvalue weighted by molar-refractivity contribution is 0.00706. The Hall–Kier alpha value is -4.23. The third-order valence-electron chi connectivity index (χ3n) is 6.93. The summed E-state index contributed by atoms with van der Waals surface area (Å²) in [5.41, 5.74) is 11.0. The zero-order valence-electron chi connectivity index (χ0n) is 20.3. The molecule has 2 aromatic carbocycles. The predicted octanol–water partition coefficient (Wildman–Crippen LogP) is 2.43. The molecule has 7 rings (SSSR count). The third kappa shape index (κ3) is 4.23. The fraction of sp³-hybridized carbons (Fsp3) is 0.231. The lowest BCUT2D eigenvalue weighted by Gasteiger charge is -2.15. The smallest absolute Gasteiger partial charge is 0.296 e. The molecule has 0 unspecified atom stereocenters. The van der Waals surface area contributed by atoms with Crippen LogP contribution in [-0.4, -0.2) is 72.5 Å². The number of H-pyrrole nitrogens is 2. The Morgan fingerprint density at radius 2 is 1.67 bits per heavy atom. The highest BCUT2D eigenvalue weighted by atomic mass is 35.5. The van der Waals surface area contributed by atoms with E-state index in [9.17, 15) is 5.11 Å². The number of fused-ring (bicyclic) bond motifs is 2. The van der Waals surface area contributed by atoms with E-state index in [0.717, 1.165) is 22.4 Å². The first-order chi connectivity index (χ1) is 18.9. The predicted molar refractivity (Wildman–Crippen MR) is 141 cm³/mol. The molecule has 2 saturated heterocycles. The first-order valence-electron chi connectivity index (χ1n) is 12.3. The van der Waals surface area contributed by atoms with Crippen molar-refractivity contribution in [2.75, 3.05) is 18.9 Å². The van der Waals surface area contributed by atoms with Crippen molar-refractivity contribution < 1.29 is 19.3 Å². The molecule has 0 spiro atoms. The minimum Gasteiger partial charge on any atom is -0.456 e. The number of hydrogen-bond acceptors (Lipinski definition) is 9. The van der Waals surface area contributed by atoms with Gasteiger partial charge in [0, 0.05) is 5.56 Å². The molecular formula is C26H23ClN8O4. The molecule has 0 bridgehead atoms. The summed E-state index contributed by atoms with van der Waals surface area (Å²) < 4.78 is 18.7. The van der Waals surface area contributed by atoms with Gasteiger partial charge in [0.2, 0.25) is 11.6 Å². The van der Waals surface area contributed by atoms with E-state index in [0.29, 0.717) is 28.5 Å². The summed E-state index contributed by atoms with van der Waals surface area (Å²) in [4.78, 5) is 16.1. The fourth-order valence-corrected chi connectivity index (χ4v) is 5.27. The Bertz CT molecular complexity index is 1730. The molecule has 12 nitrogen and oxygen atoms in total. The molecule has 6 N–H and O–H groups in total. The van der Waals surface area contributed by atoms with E-state index in [2.05, 4.69) is 25.0 Å². The maximum atomic E-state index is 9.94. The van der Waals surface area contributed by atoms with Crippen LogP contribution in [0.3, 0.4) is 0 Å². The number of pyridine rings is 1. The number of nitrogens with one attached hydrogen (secondary N) is 3. The molecule has 0 radical (unpaired) electrons. The molecule has 0 aliphatic carbocycles. The molecule has 2 aliphatic heterocycles. The van der Waals surface area contributed by atoms with Gasteiger partial charge in [-0.05, 0) is 29.3 Å². The number of aliphatic hydroxyl groups excluding tert-OH is 1. The van der Waals surface area contributed by atoms with Crippen LogP contribution in [0.25, 0.3) is 39.2 Å². The SMILES string of the molecule is N=c1nc(N)[nH]n1-c1ccc(-c2ccc(-c3nc4nc(O[C@@H]5CO[C@H]6[C@@H]5OC[C@H]6O)[nH]c4cc3Cl)cc2)cc1. The first-order valence-corrected chi connectivity index (χ1v) is 12.7. The van der Waals surface area contributed by atoms with E-state index in [1.54, 1.807) is 6.07 Å². The first kappa shape index (κ1) is 23.9. The second kappa shape index (κ2) is 9.20. The van der Waals surface area contributed by atoms with E-state index in [1.807, 2.05) is 48.5 Å². The largest absolute Gasteiger partial charge is 0.456 e. The highest BCUT2D eigenvalue weighted by Gasteiger charge is 2.48. The van der Waals surface area contributed by atoms with Crippen LogP contribution in [0.15, 0.2) is 54.6 Å². The Kier molecular flexibility index (Phi) is 5.63. The minimum absolute atomic E-state index is 0.0328. The molecule has 13 heteroatoms. The highest BCUT2D eigenvalue weighted by molar-refractivity contribution is 6.33. The summed E-state index contributed by atoms with van der Waals surface area (Å²) >= 11 is 6.60. The number of benzene rings is 2. The number of rotatable bonds is 5. The number of nitrogens with zero attached hydrogens (tertiary/aromatic N) is 4. The van der Waals surface area contributed by atoms with E-state index in [1.165, 1.54) is 4.68 Å². The monoisotopic (exact) mass is 546 g/mol. The van der Waals surface area contributed by atoms with Crippen molar-refractivity contribution in [3.8, 4) is 34.1 Å². The molecular weight excluding hydrogens is 524 g/mol. The zero-order valence-corrected chi connectivity index (χ0v) is 21.1. The van der Waals surface area contributed by atoms with Gasteiger partial charge in [0.05, 0.1) is 35.1 Å². The molecule has 39 heavy (non-hydrogen) atoms. The highest BCUT2D eigenvalue weighted by Crippen LogP contribution is 2.33. The van der Waals surface area contributed by atoms with Crippen molar-refractivity contribution in [1.29, 1.82) is 5.41 Å². The Morgan fingerprint density at radius 1 is 0.974 bits per heavy atom. The maximum Gasteiger partial charge on any atom is 0.296 e. The molecule has 2 aliphatic rings. The molecule has 5 heterocycles. The molecule has 4 atom stereocenters. The van der Waals surface area contributed by atoms with Gasteiger partial charge in [0.25, 0.3) is 6.01 Å². The van der Waals surface area contributed by atoms with Gasteiger partial charge in [-0.15, -0.1) is 0 Å². The van der Waals surface area contributed by atoms with Crippen LogP contribution >= 0.6 is 11.6 Å². The normalized spacial score (nSPS) is 22.4. The molecule has 3 aromatic heterocycles. The van der Waals surface area contributed by atoms with Gasteiger partial charge in [-0.2, -0.15) is 9.97 Å². The molecule has 0 saturated carbocycles. The number of imidazole rings is 1. The van der Waals surface area contributed by atoms with Crippen molar-refractivity contribution in [1.82, 2.24) is 29.7 Å². The number of nitrogens with two attached hydrogens (primary N) is 1. The summed E-state index contributed by atoms with van der Waals surface area (Å²) in [5.74, 6) is 0.185. The number of ether oxygens (including phenoxy) is 3. The number of nitrogen functional groups attached to an aromatic ring is 1. The van der Waals surface area contributed by atoms with E-state index >= 15 is 0 Å². The van der Waals surface area contributed by atoms with Gasteiger partial charge in [0.15, 0.2) is 11.8 Å². The lowest BCUT2D eigenvalue weighted by atomic mass is 10.0. The zero-order chi connectivity index (χ0) is 26.7. The van der Waals surface area contributed by atoms with Gasteiger partial charge in [-0.25, -0.2) is 9.67 Å². The van der Waals surface area contributed by atoms with Crippen LogP contribution < -0.4 is 16.1 Å². The summed E-state index contributed by atoms with van der Waals surface area (Å²) in [6.07, 6.45) is -1.75. The van der Waals surface area contributed by atoms with Crippen LogP contribution in [-0.2, 0) is 9.47 Å². The van der Waals surface area contributed by atoms with Gasteiger partial charge >= 0.3 is 0 Å². The third-order valence-corrected chi connectivity index (χ3v) is 7.22. The van der Waals surface area contributed by atoms with E-state index in [-0.39, 0.29) is 42.5 Å². The standard InChI is InChI=1S/C26H23ClN8O4/c27-16-9-17-23(32-26(30-17)39-19-11-38-21-18(36)10-37-22(19)21)31-20(16)14-3-1-12(2-4-14)13-5-7-15(8-6-13)35-25(29)33-24(28)34-35/h1-9,18-19,21-22,36H,10-11H2,(H,30,31,32)(H4,28,29,33,34)/t18-,19-,21-,22-/m1/s1. The quantitative estimate of drug-likeness (QED) is 0.223. The van der Waals surface area contributed by atoms with Crippen LogP contribution in [0.5, 0.6) is 6.01 Å². The number of anilines is 1. The number of aliphatic hydroxyl groups is 1. The summed E-state index contributed by atoms with van der Waals surface area (Å²) in [5, 5.41) is 21.1. The van der Waals surface area contributed by atoms with E-state index < -0.39 is 6.10 Å². The number of aromatic nitrogens is 6. The van der Waals surface area contributed by atoms with Crippen LogP contribution in [0.4, 0.5) is 5.95 Å². The second-order valence-corrected chi connectivity index (χ2v) is 9.85.